The van der Waals surface area contributed by atoms with E-state index in [1.165, 1.54) is 6.08 Å². The number of hydrogen-bond donors (Lipinski definition) is 2. The van der Waals surface area contributed by atoms with E-state index >= 15 is 0 Å². The molecule has 6 nitrogen and oxygen atoms in total. The maximum atomic E-state index is 11.8. The smallest absolute Gasteiger partial charge is 0.259 e. The second-order valence-corrected chi connectivity index (χ2v) is 4.74. The summed E-state index contributed by atoms with van der Waals surface area (Å²) in [5.41, 5.74) is 1.90. The highest BCUT2D eigenvalue weighted by Gasteiger charge is 2.29. The lowest BCUT2D eigenvalue weighted by Crippen LogP contribution is -2.22. The number of benzene rings is 1. The molecule has 0 saturated carbocycles. The minimum atomic E-state index is -0.477. The van der Waals surface area contributed by atoms with E-state index in [-0.39, 0.29) is 11.1 Å². The van der Waals surface area contributed by atoms with Crippen molar-refractivity contribution in [2.75, 3.05) is 0 Å². The van der Waals surface area contributed by atoms with E-state index in [2.05, 4.69) is 10.6 Å². The third kappa shape index (κ3) is 2.06. The van der Waals surface area contributed by atoms with Crippen LogP contribution in [0.3, 0.4) is 0 Å². The molecular formula is C15H10N2O4. The Hall–Kier alpha value is -3.02. The molecule has 4 amide bonds. The minimum absolute atomic E-state index is 0.241. The van der Waals surface area contributed by atoms with Crippen LogP contribution in [0.5, 0.6) is 0 Å². The predicted molar refractivity (Wildman–Crippen MR) is 73.3 cm³/mol. The fourth-order valence-electron chi connectivity index (χ4n) is 2.36. The summed E-state index contributed by atoms with van der Waals surface area (Å²) < 4.78 is 0. The van der Waals surface area contributed by atoms with Crippen LogP contribution in [0.4, 0.5) is 0 Å². The monoisotopic (exact) mass is 282 g/mol. The summed E-state index contributed by atoms with van der Waals surface area (Å²) in [4.78, 5) is 46.2. The van der Waals surface area contributed by atoms with E-state index in [1.807, 2.05) is 0 Å². The standard InChI is InChI=1S/C15H10N2O4/c1-7-12(15(21)17-13(7)19)9-4-2-3-8(5-9)10-6-11(18)16-14(10)20/h2-6H,1H3,(H,16,18,20)(H,17,19,21). The predicted octanol–water partition coefficient (Wildman–Crippen LogP) is 0.156. The molecule has 0 aliphatic carbocycles. The van der Waals surface area contributed by atoms with Crippen molar-refractivity contribution in [3.63, 3.8) is 0 Å². The van der Waals surface area contributed by atoms with Gasteiger partial charge >= 0.3 is 0 Å². The number of carbonyl (C=O) groups is 4. The van der Waals surface area contributed by atoms with Gasteiger partial charge in [0, 0.05) is 11.6 Å². The molecule has 104 valence electrons. The van der Waals surface area contributed by atoms with Gasteiger partial charge in [-0.25, -0.2) is 0 Å². The zero-order chi connectivity index (χ0) is 15.1. The van der Waals surface area contributed by atoms with Crippen molar-refractivity contribution in [1.82, 2.24) is 10.6 Å². The maximum absolute atomic E-state index is 11.8. The molecule has 2 aliphatic heterocycles. The molecule has 0 radical (unpaired) electrons. The van der Waals surface area contributed by atoms with Crippen molar-refractivity contribution in [3.05, 3.63) is 47.0 Å². The van der Waals surface area contributed by atoms with Crippen LogP contribution < -0.4 is 10.6 Å². The van der Waals surface area contributed by atoms with E-state index in [0.29, 0.717) is 16.7 Å². The maximum Gasteiger partial charge on any atom is 0.259 e. The normalized spacial score (nSPS) is 18.0. The van der Waals surface area contributed by atoms with Gasteiger partial charge in [-0.15, -0.1) is 0 Å². The van der Waals surface area contributed by atoms with Crippen LogP contribution >= 0.6 is 0 Å². The highest BCUT2D eigenvalue weighted by Crippen LogP contribution is 2.27. The number of carbonyl (C=O) groups excluding carboxylic acids is 4. The Balaban J connectivity index is 2.08. The molecule has 0 aromatic heterocycles. The first-order chi connectivity index (χ1) is 9.97. The number of hydrogen-bond acceptors (Lipinski definition) is 4. The van der Waals surface area contributed by atoms with Crippen LogP contribution in [0.25, 0.3) is 11.1 Å². The third-order valence-electron chi connectivity index (χ3n) is 3.39. The van der Waals surface area contributed by atoms with E-state index in [0.717, 1.165) is 0 Å². The second kappa shape index (κ2) is 4.52. The molecule has 0 bridgehead atoms. The Morgan fingerprint density at radius 1 is 0.857 bits per heavy atom. The summed E-state index contributed by atoms with van der Waals surface area (Å²) in [6.07, 6.45) is 1.21. The Bertz CT molecular complexity index is 787. The minimum Gasteiger partial charge on any atom is -0.289 e. The second-order valence-electron chi connectivity index (χ2n) is 4.74. The molecule has 0 fully saturated rings. The fourth-order valence-corrected chi connectivity index (χ4v) is 2.36. The van der Waals surface area contributed by atoms with Crippen LogP contribution in [0.2, 0.25) is 0 Å². The van der Waals surface area contributed by atoms with Gasteiger partial charge < -0.3 is 0 Å². The molecule has 2 N–H and O–H groups in total. The quantitative estimate of drug-likeness (QED) is 0.756. The van der Waals surface area contributed by atoms with Gasteiger partial charge in [0.2, 0.25) is 0 Å². The summed E-state index contributed by atoms with van der Waals surface area (Å²) in [6.45, 7) is 1.56. The SMILES string of the molecule is CC1=C(c2cccc(C3=CC(=O)NC3=O)c2)C(=O)NC1=O. The lowest BCUT2D eigenvalue weighted by molar-refractivity contribution is -0.125. The molecule has 0 unspecified atom stereocenters. The summed E-state index contributed by atoms with van der Waals surface area (Å²) in [7, 11) is 0. The van der Waals surface area contributed by atoms with Crippen molar-refractivity contribution in [3.8, 4) is 0 Å². The summed E-state index contributed by atoms with van der Waals surface area (Å²) in [5, 5.41) is 4.38. The van der Waals surface area contributed by atoms with Gasteiger partial charge in [-0.3, -0.25) is 29.8 Å². The Kier molecular flexibility index (Phi) is 2.79. The Morgan fingerprint density at radius 2 is 1.57 bits per heavy atom. The molecule has 3 rings (SSSR count). The topological polar surface area (TPSA) is 92.3 Å². The number of imide groups is 2. The molecule has 2 heterocycles. The Labute approximate surface area is 119 Å². The van der Waals surface area contributed by atoms with Crippen molar-refractivity contribution < 1.29 is 19.2 Å². The van der Waals surface area contributed by atoms with E-state index in [1.54, 1.807) is 31.2 Å². The molecule has 1 aromatic rings. The van der Waals surface area contributed by atoms with Gasteiger partial charge in [-0.1, -0.05) is 18.2 Å². The van der Waals surface area contributed by atoms with Crippen LogP contribution in [-0.4, -0.2) is 23.6 Å². The fraction of sp³-hybridized carbons (Fsp3) is 0.0667. The van der Waals surface area contributed by atoms with Crippen molar-refractivity contribution in [2.45, 2.75) is 6.92 Å². The largest absolute Gasteiger partial charge is 0.289 e. The van der Waals surface area contributed by atoms with Crippen LogP contribution in [0.15, 0.2) is 35.9 Å². The molecule has 2 aliphatic rings. The molecule has 0 saturated heterocycles. The number of rotatable bonds is 2. The molecule has 0 atom stereocenters. The van der Waals surface area contributed by atoms with E-state index in [4.69, 9.17) is 0 Å². The van der Waals surface area contributed by atoms with Gasteiger partial charge in [-0.2, -0.15) is 0 Å². The van der Waals surface area contributed by atoms with Gasteiger partial charge in [-0.05, 0) is 24.1 Å². The molecular weight excluding hydrogens is 272 g/mol. The Morgan fingerprint density at radius 3 is 2.14 bits per heavy atom. The van der Waals surface area contributed by atoms with Gasteiger partial charge in [0.1, 0.15) is 0 Å². The molecule has 21 heavy (non-hydrogen) atoms. The first-order valence-electron chi connectivity index (χ1n) is 6.22. The lowest BCUT2D eigenvalue weighted by Gasteiger charge is -2.05. The average Bonchev–Trinajstić information content (AvgIpc) is 2.89. The van der Waals surface area contributed by atoms with Crippen molar-refractivity contribution in [1.29, 1.82) is 0 Å². The van der Waals surface area contributed by atoms with Gasteiger partial charge in [0.05, 0.1) is 11.1 Å². The molecule has 6 heteroatoms. The van der Waals surface area contributed by atoms with Crippen LogP contribution in [0, 0.1) is 0 Å². The molecule has 0 spiro atoms. The van der Waals surface area contributed by atoms with Gasteiger partial charge in [0.25, 0.3) is 23.6 Å². The zero-order valence-corrected chi connectivity index (χ0v) is 11.0. The number of nitrogens with one attached hydrogen (secondary N) is 2. The summed E-state index contributed by atoms with van der Waals surface area (Å²) in [5.74, 6) is -1.83. The van der Waals surface area contributed by atoms with Gasteiger partial charge in [0.15, 0.2) is 0 Å². The molecule has 1 aromatic carbocycles. The first kappa shape index (κ1) is 13.0. The highest BCUT2D eigenvalue weighted by atomic mass is 16.2. The van der Waals surface area contributed by atoms with E-state index < -0.39 is 23.6 Å². The first-order valence-corrected chi connectivity index (χ1v) is 6.22. The van der Waals surface area contributed by atoms with Crippen LogP contribution in [0.1, 0.15) is 18.1 Å². The van der Waals surface area contributed by atoms with E-state index in [9.17, 15) is 19.2 Å². The average molecular weight is 282 g/mol. The van der Waals surface area contributed by atoms with Crippen molar-refractivity contribution in [2.24, 2.45) is 0 Å². The van der Waals surface area contributed by atoms with Crippen LogP contribution in [-0.2, 0) is 19.2 Å². The van der Waals surface area contributed by atoms with Crippen molar-refractivity contribution >= 4 is 34.8 Å². The highest BCUT2D eigenvalue weighted by molar-refractivity contribution is 6.36. The zero-order valence-electron chi connectivity index (χ0n) is 11.0. The summed E-state index contributed by atoms with van der Waals surface area (Å²) in [6, 6.07) is 6.62. The lowest BCUT2D eigenvalue weighted by atomic mass is 9.97. The summed E-state index contributed by atoms with van der Waals surface area (Å²) >= 11 is 0. The number of amides is 4. The third-order valence-corrected chi connectivity index (χ3v) is 3.39.